The summed E-state index contributed by atoms with van der Waals surface area (Å²) >= 11 is 0. The van der Waals surface area contributed by atoms with Gasteiger partial charge in [0.1, 0.15) is 30.5 Å². The summed E-state index contributed by atoms with van der Waals surface area (Å²) in [6.07, 6.45) is 0. The maximum Gasteiger partial charge on any atom is 0.255 e. The largest absolute Gasteiger partial charge is 0.496 e. The summed E-state index contributed by atoms with van der Waals surface area (Å²) in [7, 11) is 1.61. The van der Waals surface area contributed by atoms with Gasteiger partial charge in [0.25, 0.3) is 5.91 Å². The minimum Gasteiger partial charge on any atom is -0.496 e. The molecule has 0 heterocycles. The van der Waals surface area contributed by atoms with E-state index >= 15 is 0 Å². The molecule has 0 unspecified atom stereocenters. The average Bonchev–Trinajstić information content (AvgIpc) is 2.90. The molecule has 4 aromatic carbocycles. The van der Waals surface area contributed by atoms with Gasteiger partial charge in [0.15, 0.2) is 0 Å². The molecule has 0 radical (unpaired) electrons. The Bertz CT molecular complexity index is 1330. The van der Waals surface area contributed by atoms with Gasteiger partial charge in [0.2, 0.25) is 0 Å². The molecule has 1 amide bonds. The standard InChI is InChI=1S/C31H31NO4/c1-21-16-22(2)23(3)30(17-21)36-20-26-18-25(10-15-29(26)34-4)31(33)32-27-11-13-28(14-12-27)35-19-24-8-6-5-7-9-24/h5-18H,19-20H2,1-4H3,(H,32,33). The average molecular weight is 482 g/mol. The van der Waals surface area contributed by atoms with Crippen LogP contribution >= 0.6 is 0 Å². The number of aryl methyl sites for hydroxylation is 2. The monoisotopic (exact) mass is 481 g/mol. The van der Waals surface area contributed by atoms with Crippen LogP contribution in [0.2, 0.25) is 0 Å². The highest BCUT2D eigenvalue weighted by Crippen LogP contribution is 2.27. The summed E-state index contributed by atoms with van der Waals surface area (Å²) in [6.45, 7) is 6.95. The third-order valence-corrected chi connectivity index (χ3v) is 6.05. The molecule has 5 heteroatoms. The number of carbonyl (C=O) groups excluding carboxylic acids is 1. The summed E-state index contributed by atoms with van der Waals surface area (Å²) in [4.78, 5) is 13.0. The van der Waals surface area contributed by atoms with Crippen molar-refractivity contribution in [3.8, 4) is 17.2 Å². The lowest BCUT2D eigenvalue weighted by atomic mass is 10.1. The van der Waals surface area contributed by atoms with Gasteiger partial charge in [0, 0.05) is 16.8 Å². The zero-order valence-electron chi connectivity index (χ0n) is 21.1. The Kier molecular flexibility index (Phi) is 7.91. The molecule has 0 saturated carbocycles. The number of ether oxygens (including phenoxy) is 3. The molecule has 0 aromatic heterocycles. The first kappa shape index (κ1) is 24.9. The van der Waals surface area contributed by atoms with Crippen molar-refractivity contribution in [2.45, 2.75) is 34.0 Å². The number of nitrogens with one attached hydrogen (secondary N) is 1. The first-order valence-electron chi connectivity index (χ1n) is 11.9. The molecule has 184 valence electrons. The van der Waals surface area contributed by atoms with Crippen LogP contribution in [0.5, 0.6) is 17.2 Å². The Morgan fingerprint density at radius 3 is 2.25 bits per heavy atom. The molecule has 0 spiro atoms. The van der Waals surface area contributed by atoms with E-state index in [1.807, 2.05) is 80.6 Å². The van der Waals surface area contributed by atoms with E-state index in [1.54, 1.807) is 19.2 Å². The summed E-state index contributed by atoms with van der Waals surface area (Å²) in [5.41, 5.74) is 6.54. The molecule has 0 aliphatic rings. The van der Waals surface area contributed by atoms with Gasteiger partial charge in [-0.15, -0.1) is 0 Å². The second kappa shape index (κ2) is 11.5. The number of hydrogen-bond acceptors (Lipinski definition) is 4. The minimum absolute atomic E-state index is 0.209. The molecule has 0 fully saturated rings. The fraction of sp³-hybridized carbons (Fsp3) is 0.194. The summed E-state index contributed by atoms with van der Waals surface area (Å²) in [5.74, 6) is 2.04. The van der Waals surface area contributed by atoms with Gasteiger partial charge in [-0.1, -0.05) is 36.4 Å². The van der Waals surface area contributed by atoms with Gasteiger partial charge < -0.3 is 19.5 Å². The van der Waals surface area contributed by atoms with E-state index in [0.717, 1.165) is 33.8 Å². The van der Waals surface area contributed by atoms with E-state index in [-0.39, 0.29) is 5.91 Å². The van der Waals surface area contributed by atoms with E-state index in [1.165, 1.54) is 5.56 Å². The van der Waals surface area contributed by atoms with E-state index in [2.05, 4.69) is 18.3 Å². The third-order valence-electron chi connectivity index (χ3n) is 6.05. The van der Waals surface area contributed by atoms with Crippen LogP contribution in [0.3, 0.4) is 0 Å². The molecule has 1 N–H and O–H groups in total. The summed E-state index contributed by atoms with van der Waals surface area (Å²) in [6, 6.07) is 26.8. The lowest BCUT2D eigenvalue weighted by Crippen LogP contribution is -2.13. The molecule has 4 aromatic rings. The molecule has 0 bridgehead atoms. The highest BCUT2D eigenvalue weighted by Gasteiger charge is 2.13. The van der Waals surface area contributed by atoms with Crippen molar-refractivity contribution in [1.82, 2.24) is 0 Å². The van der Waals surface area contributed by atoms with Gasteiger partial charge in [-0.25, -0.2) is 0 Å². The fourth-order valence-electron chi connectivity index (χ4n) is 3.92. The number of benzene rings is 4. The van der Waals surface area contributed by atoms with Gasteiger partial charge in [-0.05, 0) is 91.6 Å². The van der Waals surface area contributed by atoms with Gasteiger partial charge in [0.05, 0.1) is 7.11 Å². The van der Waals surface area contributed by atoms with E-state index < -0.39 is 0 Å². The van der Waals surface area contributed by atoms with Crippen molar-refractivity contribution in [3.63, 3.8) is 0 Å². The normalized spacial score (nSPS) is 10.6. The van der Waals surface area contributed by atoms with Crippen molar-refractivity contribution in [3.05, 3.63) is 118 Å². The predicted octanol–water partition coefficient (Wildman–Crippen LogP) is 7.03. The highest BCUT2D eigenvalue weighted by atomic mass is 16.5. The number of amides is 1. The Morgan fingerprint density at radius 2 is 1.53 bits per heavy atom. The van der Waals surface area contributed by atoms with Crippen LogP contribution in [0.25, 0.3) is 0 Å². The van der Waals surface area contributed by atoms with Crippen LogP contribution in [0.15, 0.2) is 84.9 Å². The maximum absolute atomic E-state index is 13.0. The molecule has 5 nitrogen and oxygen atoms in total. The SMILES string of the molecule is COc1ccc(C(=O)Nc2ccc(OCc3ccccc3)cc2)cc1COc1cc(C)cc(C)c1C. The van der Waals surface area contributed by atoms with Crippen molar-refractivity contribution < 1.29 is 19.0 Å². The van der Waals surface area contributed by atoms with Crippen LogP contribution in [0, 0.1) is 20.8 Å². The molecule has 4 rings (SSSR count). The van der Waals surface area contributed by atoms with Crippen LogP contribution in [-0.2, 0) is 13.2 Å². The van der Waals surface area contributed by atoms with Gasteiger partial charge >= 0.3 is 0 Å². The van der Waals surface area contributed by atoms with E-state index in [0.29, 0.717) is 30.2 Å². The molecular formula is C31H31NO4. The molecule has 0 atom stereocenters. The van der Waals surface area contributed by atoms with Gasteiger partial charge in [-0.2, -0.15) is 0 Å². The van der Waals surface area contributed by atoms with Crippen molar-refractivity contribution in [2.24, 2.45) is 0 Å². The lowest BCUT2D eigenvalue weighted by Gasteiger charge is -2.15. The van der Waals surface area contributed by atoms with Crippen LogP contribution < -0.4 is 19.5 Å². The number of rotatable bonds is 9. The lowest BCUT2D eigenvalue weighted by molar-refractivity contribution is 0.102. The topological polar surface area (TPSA) is 56.8 Å². The first-order chi connectivity index (χ1) is 17.4. The number of hydrogen-bond donors (Lipinski definition) is 1. The molecule has 0 aliphatic heterocycles. The number of anilines is 1. The first-order valence-corrected chi connectivity index (χ1v) is 11.9. The Labute approximate surface area is 212 Å². The second-order valence-electron chi connectivity index (χ2n) is 8.77. The Hall–Kier alpha value is -4.25. The summed E-state index contributed by atoms with van der Waals surface area (Å²) in [5, 5.41) is 2.95. The third kappa shape index (κ3) is 6.25. The predicted molar refractivity (Wildman–Crippen MR) is 143 cm³/mol. The summed E-state index contributed by atoms with van der Waals surface area (Å²) < 4.78 is 17.5. The zero-order valence-corrected chi connectivity index (χ0v) is 21.1. The maximum atomic E-state index is 13.0. The van der Waals surface area contributed by atoms with Crippen LogP contribution in [0.4, 0.5) is 5.69 Å². The Morgan fingerprint density at radius 1 is 0.778 bits per heavy atom. The minimum atomic E-state index is -0.209. The van der Waals surface area contributed by atoms with E-state index in [4.69, 9.17) is 14.2 Å². The van der Waals surface area contributed by atoms with Gasteiger partial charge in [-0.3, -0.25) is 4.79 Å². The van der Waals surface area contributed by atoms with E-state index in [9.17, 15) is 4.79 Å². The smallest absolute Gasteiger partial charge is 0.255 e. The van der Waals surface area contributed by atoms with Crippen LogP contribution in [0.1, 0.15) is 38.2 Å². The highest BCUT2D eigenvalue weighted by molar-refractivity contribution is 6.04. The number of carbonyl (C=O) groups is 1. The number of methoxy groups -OCH3 is 1. The molecule has 36 heavy (non-hydrogen) atoms. The quantitative estimate of drug-likeness (QED) is 0.279. The molecular weight excluding hydrogens is 450 g/mol. The van der Waals surface area contributed by atoms with Crippen molar-refractivity contribution >= 4 is 11.6 Å². The zero-order chi connectivity index (χ0) is 25.5. The molecule has 0 aliphatic carbocycles. The Balaban J connectivity index is 1.41. The van der Waals surface area contributed by atoms with Crippen LogP contribution in [-0.4, -0.2) is 13.0 Å². The second-order valence-corrected chi connectivity index (χ2v) is 8.77. The molecule has 0 saturated heterocycles. The van der Waals surface area contributed by atoms with Crippen molar-refractivity contribution in [1.29, 1.82) is 0 Å². The van der Waals surface area contributed by atoms with Crippen molar-refractivity contribution in [2.75, 3.05) is 12.4 Å². The fourth-order valence-corrected chi connectivity index (χ4v) is 3.92.